The van der Waals surface area contributed by atoms with E-state index in [1.165, 1.54) is 30.1 Å². The molecule has 0 atom stereocenters. The molecule has 1 heterocycles. The van der Waals surface area contributed by atoms with Crippen molar-refractivity contribution in [1.82, 2.24) is 0 Å². The van der Waals surface area contributed by atoms with E-state index in [2.05, 4.69) is 13.8 Å². The highest BCUT2D eigenvalue weighted by Crippen LogP contribution is 2.34. The monoisotopic (exact) mass is 372 g/mol. The quantitative estimate of drug-likeness (QED) is 0.523. The molecule has 0 spiro atoms. The molecule has 136 valence electrons. The predicted molar refractivity (Wildman–Crippen MR) is 102 cm³/mol. The first-order valence-corrected chi connectivity index (χ1v) is 9.27. The fraction of sp³-hybridized carbons (Fsp3) is 0.286. The Morgan fingerprint density at radius 2 is 1.85 bits per heavy atom. The van der Waals surface area contributed by atoms with Gasteiger partial charge < -0.3 is 9.47 Å². The van der Waals surface area contributed by atoms with Crippen molar-refractivity contribution in [1.29, 1.82) is 0 Å². The van der Waals surface area contributed by atoms with E-state index in [-0.39, 0.29) is 19.0 Å². The summed E-state index contributed by atoms with van der Waals surface area (Å²) >= 11 is 1.23. The molecule has 0 radical (unpaired) electrons. The smallest absolute Gasteiger partial charge is 0.349 e. The number of esters is 1. The lowest BCUT2D eigenvalue weighted by Gasteiger charge is -2.08. The van der Waals surface area contributed by atoms with Gasteiger partial charge in [-0.1, -0.05) is 44.2 Å². The fourth-order valence-electron chi connectivity index (χ4n) is 2.83. The zero-order valence-electron chi connectivity index (χ0n) is 15.0. The standard InChI is InChI=1S/C21H21FO3S/c1-13(2)15-9-7-14(8-10-15)11-25-21(23)20-16(12-24-3)19-17(22)5-4-6-18(19)26-20/h4-10,13H,11-12H2,1-3H3. The highest BCUT2D eigenvalue weighted by molar-refractivity contribution is 7.21. The highest BCUT2D eigenvalue weighted by atomic mass is 32.1. The van der Waals surface area contributed by atoms with E-state index in [0.717, 1.165) is 5.56 Å². The van der Waals surface area contributed by atoms with Crippen molar-refractivity contribution < 1.29 is 18.7 Å². The minimum absolute atomic E-state index is 0.161. The lowest BCUT2D eigenvalue weighted by atomic mass is 10.0. The number of thiophene rings is 1. The summed E-state index contributed by atoms with van der Waals surface area (Å²) in [6, 6.07) is 12.8. The van der Waals surface area contributed by atoms with Gasteiger partial charge in [0.1, 0.15) is 17.3 Å². The van der Waals surface area contributed by atoms with Crippen LogP contribution in [0.4, 0.5) is 4.39 Å². The van der Waals surface area contributed by atoms with E-state index in [0.29, 0.717) is 26.4 Å². The van der Waals surface area contributed by atoms with E-state index >= 15 is 0 Å². The van der Waals surface area contributed by atoms with Crippen molar-refractivity contribution in [3.63, 3.8) is 0 Å². The van der Waals surface area contributed by atoms with Crippen molar-refractivity contribution in [3.8, 4) is 0 Å². The molecule has 2 aromatic carbocycles. The van der Waals surface area contributed by atoms with Crippen LogP contribution in [-0.4, -0.2) is 13.1 Å². The van der Waals surface area contributed by atoms with Crippen LogP contribution in [0.1, 0.15) is 46.1 Å². The van der Waals surface area contributed by atoms with Crippen LogP contribution in [0.5, 0.6) is 0 Å². The summed E-state index contributed by atoms with van der Waals surface area (Å²) in [4.78, 5) is 13.0. The molecule has 26 heavy (non-hydrogen) atoms. The number of methoxy groups -OCH3 is 1. The van der Waals surface area contributed by atoms with Crippen molar-refractivity contribution in [2.24, 2.45) is 0 Å². The SMILES string of the molecule is COCc1c(C(=O)OCc2ccc(C(C)C)cc2)sc2cccc(F)c12. The van der Waals surface area contributed by atoms with Crippen LogP contribution < -0.4 is 0 Å². The highest BCUT2D eigenvalue weighted by Gasteiger charge is 2.21. The van der Waals surface area contributed by atoms with Gasteiger partial charge in [0.2, 0.25) is 0 Å². The van der Waals surface area contributed by atoms with Crippen molar-refractivity contribution in [3.05, 3.63) is 69.8 Å². The summed E-state index contributed by atoms with van der Waals surface area (Å²) in [5.74, 6) is -0.351. The number of ether oxygens (including phenoxy) is 2. The van der Waals surface area contributed by atoms with Gasteiger partial charge in [0, 0.05) is 22.8 Å². The first kappa shape index (κ1) is 18.5. The molecule has 0 saturated carbocycles. The Bertz CT molecular complexity index is 913. The van der Waals surface area contributed by atoms with E-state index in [4.69, 9.17) is 9.47 Å². The third-order valence-electron chi connectivity index (χ3n) is 4.25. The van der Waals surface area contributed by atoms with Crippen LogP contribution in [0.3, 0.4) is 0 Å². The number of fused-ring (bicyclic) bond motifs is 1. The van der Waals surface area contributed by atoms with E-state index in [9.17, 15) is 9.18 Å². The molecule has 3 aromatic rings. The Kier molecular flexibility index (Phi) is 5.69. The van der Waals surface area contributed by atoms with E-state index < -0.39 is 5.97 Å². The molecule has 0 aliphatic carbocycles. The molecule has 0 saturated heterocycles. The Balaban J connectivity index is 1.81. The molecule has 3 nitrogen and oxygen atoms in total. The summed E-state index contributed by atoms with van der Waals surface area (Å²) in [6.07, 6.45) is 0. The van der Waals surface area contributed by atoms with Crippen LogP contribution in [0.25, 0.3) is 10.1 Å². The van der Waals surface area contributed by atoms with Crippen LogP contribution in [0, 0.1) is 5.82 Å². The number of hydrogen-bond donors (Lipinski definition) is 0. The van der Waals surface area contributed by atoms with Gasteiger partial charge in [-0.2, -0.15) is 0 Å². The topological polar surface area (TPSA) is 35.5 Å². The molecule has 0 aliphatic heterocycles. The number of hydrogen-bond acceptors (Lipinski definition) is 4. The van der Waals surface area contributed by atoms with Gasteiger partial charge in [0.15, 0.2) is 0 Å². The zero-order valence-corrected chi connectivity index (χ0v) is 15.9. The second-order valence-electron chi connectivity index (χ2n) is 6.43. The van der Waals surface area contributed by atoms with Gasteiger partial charge in [-0.15, -0.1) is 11.3 Å². The molecular formula is C21H21FO3S. The first-order chi connectivity index (χ1) is 12.5. The van der Waals surface area contributed by atoms with Gasteiger partial charge in [-0.3, -0.25) is 0 Å². The molecular weight excluding hydrogens is 351 g/mol. The van der Waals surface area contributed by atoms with E-state index in [1.54, 1.807) is 12.1 Å². The lowest BCUT2D eigenvalue weighted by molar-refractivity contribution is 0.0474. The molecule has 0 bridgehead atoms. The first-order valence-electron chi connectivity index (χ1n) is 8.46. The van der Waals surface area contributed by atoms with Crippen molar-refractivity contribution >= 4 is 27.4 Å². The van der Waals surface area contributed by atoms with Crippen LogP contribution >= 0.6 is 11.3 Å². The third-order valence-corrected chi connectivity index (χ3v) is 5.43. The maximum atomic E-state index is 14.2. The number of carbonyl (C=O) groups excluding carboxylic acids is 1. The Morgan fingerprint density at radius 1 is 1.12 bits per heavy atom. The second kappa shape index (κ2) is 7.98. The molecule has 0 amide bonds. The second-order valence-corrected chi connectivity index (χ2v) is 7.48. The largest absolute Gasteiger partial charge is 0.457 e. The molecule has 0 aliphatic rings. The normalized spacial score (nSPS) is 11.3. The molecule has 0 unspecified atom stereocenters. The summed E-state index contributed by atoms with van der Waals surface area (Å²) < 4.78 is 25.5. The van der Waals surface area contributed by atoms with Crippen LogP contribution in [0.15, 0.2) is 42.5 Å². The van der Waals surface area contributed by atoms with Gasteiger partial charge in [-0.05, 0) is 29.2 Å². The fourth-order valence-corrected chi connectivity index (χ4v) is 3.94. The van der Waals surface area contributed by atoms with Crippen LogP contribution in [-0.2, 0) is 22.7 Å². The summed E-state index contributed by atoms with van der Waals surface area (Å²) in [5, 5.41) is 0.438. The average Bonchev–Trinajstić information content (AvgIpc) is 3.00. The number of benzene rings is 2. The molecule has 3 rings (SSSR count). The number of halogens is 1. The minimum Gasteiger partial charge on any atom is -0.457 e. The zero-order chi connectivity index (χ0) is 18.7. The lowest BCUT2D eigenvalue weighted by Crippen LogP contribution is -2.06. The summed E-state index contributed by atoms with van der Waals surface area (Å²) in [7, 11) is 1.52. The molecule has 5 heteroatoms. The third kappa shape index (κ3) is 3.79. The van der Waals surface area contributed by atoms with Crippen molar-refractivity contribution in [2.45, 2.75) is 33.0 Å². The Morgan fingerprint density at radius 3 is 2.50 bits per heavy atom. The maximum absolute atomic E-state index is 14.2. The van der Waals surface area contributed by atoms with E-state index in [1.807, 2.05) is 24.3 Å². The van der Waals surface area contributed by atoms with Crippen LogP contribution in [0.2, 0.25) is 0 Å². The maximum Gasteiger partial charge on any atom is 0.349 e. The number of rotatable bonds is 6. The molecule has 0 N–H and O–H groups in total. The Hall–Kier alpha value is -2.24. The average molecular weight is 372 g/mol. The minimum atomic E-state index is -0.453. The van der Waals surface area contributed by atoms with Gasteiger partial charge in [0.25, 0.3) is 0 Å². The Labute approximate surface area is 156 Å². The number of carbonyl (C=O) groups is 1. The summed E-state index contributed by atoms with van der Waals surface area (Å²) in [6.45, 7) is 4.61. The summed E-state index contributed by atoms with van der Waals surface area (Å²) in [5.41, 5.74) is 2.71. The van der Waals surface area contributed by atoms with Gasteiger partial charge in [0.05, 0.1) is 6.61 Å². The van der Waals surface area contributed by atoms with Gasteiger partial charge >= 0.3 is 5.97 Å². The molecule has 0 fully saturated rings. The van der Waals surface area contributed by atoms with Gasteiger partial charge in [-0.25, -0.2) is 9.18 Å². The van der Waals surface area contributed by atoms with Crippen molar-refractivity contribution in [2.75, 3.05) is 7.11 Å². The predicted octanol–water partition coefficient (Wildman–Crippen LogP) is 5.67. The molecule has 1 aromatic heterocycles.